The number of hydrogen-bond donors (Lipinski definition) is 3. The molecule has 1 heterocycles. The van der Waals surface area contributed by atoms with Crippen LogP contribution < -0.4 is 16.4 Å². The maximum absolute atomic E-state index is 12.3. The van der Waals surface area contributed by atoms with Gasteiger partial charge in [0.15, 0.2) is 0 Å². The molecule has 0 aliphatic heterocycles. The molecule has 0 saturated carbocycles. The molecule has 2 atom stereocenters. The Bertz CT molecular complexity index is 697. The highest BCUT2D eigenvalue weighted by Gasteiger charge is 2.18. The summed E-state index contributed by atoms with van der Waals surface area (Å²) >= 11 is 0. The van der Waals surface area contributed by atoms with E-state index in [-0.39, 0.29) is 17.7 Å². The summed E-state index contributed by atoms with van der Waals surface area (Å²) < 4.78 is 1.57. The van der Waals surface area contributed by atoms with Crippen LogP contribution in [-0.4, -0.2) is 27.6 Å². The van der Waals surface area contributed by atoms with Gasteiger partial charge in [0.2, 0.25) is 11.8 Å². The van der Waals surface area contributed by atoms with E-state index in [1.54, 1.807) is 54.3 Å². The molecule has 0 aliphatic carbocycles. The minimum Gasteiger partial charge on any atom is -0.325 e. The monoisotopic (exact) mass is 329 g/mol. The van der Waals surface area contributed by atoms with Crippen LogP contribution in [0.15, 0.2) is 42.7 Å². The van der Waals surface area contributed by atoms with E-state index in [4.69, 9.17) is 5.73 Å². The minimum absolute atomic E-state index is 0.0443. The topological polar surface area (TPSA) is 102 Å². The van der Waals surface area contributed by atoms with E-state index in [2.05, 4.69) is 15.7 Å². The zero-order chi connectivity index (χ0) is 17.7. The molecule has 2 amide bonds. The van der Waals surface area contributed by atoms with Crippen molar-refractivity contribution >= 4 is 23.2 Å². The van der Waals surface area contributed by atoms with Crippen LogP contribution in [0.25, 0.3) is 0 Å². The van der Waals surface area contributed by atoms with Crippen molar-refractivity contribution in [3.05, 3.63) is 42.7 Å². The van der Waals surface area contributed by atoms with Gasteiger partial charge in [-0.25, -0.2) is 0 Å². The fourth-order valence-corrected chi connectivity index (χ4v) is 2.08. The second kappa shape index (κ2) is 7.74. The Kier molecular flexibility index (Phi) is 5.70. The van der Waals surface area contributed by atoms with E-state index in [9.17, 15) is 9.59 Å². The van der Waals surface area contributed by atoms with Gasteiger partial charge in [0, 0.05) is 23.8 Å². The lowest BCUT2D eigenvalue weighted by Crippen LogP contribution is -2.39. The predicted octanol–water partition coefficient (Wildman–Crippen LogP) is 2.00. The van der Waals surface area contributed by atoms with Crippen molar-refractivity contribution in [1.29, 1.82) is 0 Å². The number of benzene rings is 1. The molecule has 24 heavy (non-hydrogen) atoms. The molecule has 0 fully saturated rings. The molecule has 1 aromatic heterocycles. The molecular weight excluding hydrogens is 306 g/mol. The summed E-state index contributed by atoms with van der Waals surface area (Å²) in [7, 11) is 0. The molecule has 4 N–H and O–H groups in total. The zero-order valence-corrected chi connectivity index (χ0v) is 14.1. The number of aromatic nitrogens is 2. The second-order valence-corrected chi connectivity index (χ2v) is 5.99. The van der Waals surface area contributed by atoms with E-state index in [1.807, 2.05) is 13.8 Å². The molecule has 0 aliphatic rings. The second-order valence-electron chi connectivity index (χ2n) is 5.99. The van der Waals surface area contributed by atoms with Crippen LogP contribution in [0, 0.1) is 5.92 Å². The quantitative estimate of drug-likeness (QED) is 0.754. The molecule has 0 spiro atoms. The van der Waals surface area contributed by atoms with Crippen LogP contribution in [0.5, 0.6) is 0 Å². The number of nitrogens with zero attached hydrogens (tertiary/aromatic N) is 2. The molecule has 128 valence electrons. The van der Waals surface area contributed by atoms with Gasteiger partial charge in [-0.1, -0.05) is 19.9 Å². The number of rotatable bonds is 6. The Morgan fingerprint density at radius 1 is 1.08 bits per heavy atom. The van der Waals surface area contributed by atoms with Crippen LogP contribution in [0.4, 0.5) is 11.4 Å². The lowest BCUT2D eigenvalue weighted by Gasteiger charge is -2.16. The number of hydrogen-bond acceptors (Lipinski definition) is 4. The highest BCUT2D eigenvalue weighted by atomic mass is 16.2. The summed E-state index contributed by atoms with van der Waals surface area (Å²) in [6.45, 7) is 5.53. The van der Waals surface area contributed by atoms with Gasteiger partial charge in [0.1, 0.15) is 6.04 Å². The molecule has 7 heteroatoms. The van der Waals surface area contributed by atoms with Gasteiger partial charge in [-0.3, -0.25) is 14.3 Å². The highest BCUT2D eigenvalue weighted by molar-refractivity contribution is 5.97. The number of anilines is 2. The summed E-state index contributed by atoms with van der Waals surface area (Å²) in [4.78, 5) is 24.3. The molecule has 2 unspecified atom stereocenters. The van der Waals surface area contributed by atoms with Gasteiger partial charge in [0.05, 0.1) is 6.04 Å². The number of carbonyl (C=O) groups excluding carboxylic acids is 2. The molecule has 7 nitrogen and oxygen atoms in total. The molecule has 0 bridgehead atoms. The average Bonchev–Trinajstić information content (AvgIpc) is 3.07. The fourth-order valence-electron chi connectivity index (χ4n) is 2.08. The Balaban J connectivity index is 2.02. The van der Waals surface area contributed by atoms with Crippen molar-refractivity contribution in [1.82, 2.24) is 9.78 Å². The molecule has 2 aromatic rings. The normalized spacial score (nSPS) is 13.4. The fraction of sp³-hybridized carbons (Fsp3) is 0.353. The van der Waals surface area contributed by atoms with Gasteiger partial charge >= 0.3 is 0 Å². The van der Waals surface area contributed by atoms with E-state index < -0.39 is 12.1 Å². The first-order chi connectivity index (χ1) is 11.4. The van der Waals surface area contributed by atoms with Gasteiger partial charge < -0.3 is 16.4 Å². The Labute approximate surface area is 141 Å². The van der Waals surface area contributed by atoms with E-state index in [0.29, 0.717) is 11.4 Å². The third-order valence-corrected chi connectivity index (χ3v) is 3.72. The average molecular weight is 329 g/mol. The Hall–Kier alpha value is -2.67. The van der Waals surface area contributed by atoms with Gasteiger partial charge in [-0.2, -0.15) is 5.10 Å². The first kappa shape index (κ1) is 17.7. The lowest BCUT2D eigenvalue weighted by atomic mass is 10.0. The van der Waals surface area contributed by atoms with Crippen molar-refractivity contribution in [3.8, 4) is 0 Å². The first-order valence-corrected chi connectivity index (χ1v) is 7.85. The largest absolute Gasteiger partial charge is 0.325 e. The smallest absolute Gasteiger partial charge is 0.248 e. The van der Waals surface area contributed by atoms with Crippen LogP contribution in [-0.2, 0) is 9.59 Å². The molecule has 1 aromatic carbocycles. The summed E-state index contributed by atoms with van der Waals surface area (Å²) in [6, 6.07) is 7.69. The van der Waals surface area contributed by atoms with Crippen LogP contribution in [0.3, 0.4) is 0 Å². The van der Waals surface area contributed by atoms with E-state index >= 15 is 0 Å². The zero-order valence-electron chi connectivity index (χ0n) is 14.1. The Morgan fingerprint density at radius 2 is 1.71 bits per heavy atom. The standard InChI is InChI=1S/C17H23N5O2/c1-11(2)15(18)17(24)21-14-7-4-6-13(10-14)20-16(23)12(3)22-9-5-8-19-22/h4-12,15H,18H2,1-3H3,(H,20,23)(H,21,24). The SMILES string of the molecule is CC(C)C(N)C(=O)Nc1cccc(NC(=O)C(C)n2cccn2)c1. The molecule has 0 saturated heterocycles. The van der Waals surface area contributed by atoms with Crippen LogP contribution in [0.2, 0.25) is 0 Å². The highest BCUT2D eigenvalue weighted by Crippen LogP contribution is 2.17. The summed E-state index contributed by atoms with van der Waals surface area (Å²) in [5.74, 6) is -0.401. The predicted molar refractivity (Wildman–Crippen MR) is 93.5 cm³/mol. The number of nitrogens with two attached hydrogens (primary N) is 1. The number of carbonyl (C=O) groups is 2. The van der Waals surface area contributed by atoms with Crippen LogP contribution in [0.1, 0.15) is 26.8 Å². The number of nitrogens with one attached hydrogen (secondary N) is 2. The molecular formula is C17H23N5O2. The van der Waals surface area contributed by atoms with Gasteiger partial charge in [0.25, 0.3) is 0 Å². The van der Waals surface area contributed by atoms with E-state index in [1.165, 1.54) is 0 Å². The first-order valence-electron chi connectivity index (χ1n) is 7.85. The molecule has 2 rings (SSSR count). The van der Waals surface area contributed by atoms with Crippen molar-refractivity contribution in [2.75, 3.05) is 10.6 Å². The minimum atomic E-state index is -0.580. The van der Waals surface area contributed by atoms with Crippen molar-refractivity contribution in [2.45, 2.75) is 32.9 Å². The third-order valence-electron chi connectivity index (χ3n) is 3.72. The third kappa shape index (κ3) is 4.42. The maximum Gasteiger partial charge on any atom is 0.248 e. The van der Waals surface area contributed by atoms with E-state index in [0.717, 1.165) is 0 Å². The van der Waals surface area contributed by atoms with Gasteiger partial charge in [-0.15, -0.1) is 0 Å². The Morgan fingerprint density at radius 3 is 2.25 bits per heavy atom. The van der Waals surface area contributed by atoms with Crippen molar-refractivity contribution in [3.63, 3.8) is 0 Å². The maximum atomic E-state index is 12.3. The van der Waals surface area contributed by atoms with Crippen molar-refractivity contribution in [2.24, 2.45) is 11.7 Å². The lowest BCUT2D eigenvalue weighted by molar-refractivity contribution is -0.119. The van der Waals surface area contributed by atoms with Crippen molar-refractivity contribution < 1.29 is 9.59 Å². The molecule has 0 radical (unpaired) electrons. The summed E-state index contributed by atoms with van der Waals surface area (Å²) in [5.41, 5.74) is 7.01. The summed E-state index contributed by atoms with van der Waals surface area (Å²) in [6.07, 6.45) is 3.35. The van der Waals surface area contributed by atoms with Crippen LogP contribution >= 0.6 is 0 Å². The van der Waals surface area contributed by atoms with Gasteiger partial charge in [-0.05, 0) is 37.1 Å². The number of amides is 2. The summed E-state index contributed by atoms with van der Waals surface area (Å²) in [5, 5.41) is 9.63.